The van der Waals surface area contributed by atoms with Crippen LogP contribution in [0.15, 0.2) is 35.0 Å². The maximum Gasteiger partial charge on any atom is 0.323 e. The second-order valence-electron chi connectivity index (χ2n) is 3.76. The third-order valence-corrected chi connectivity index (χ3v) is 2.46. The number of nitrogens with two attached hydrogens (primary N) is 2. The molecular weight excluding hydrogens is 234 g/mol. The average Bonchev–Trinajstić information content (AvgIpc) is 2.93. The molecule has 0 aliphatic carbocycles. The molecule has 0 radical (unpaired) electrons. The van der Waals surface area contributed by atoms with Gasteiger partial charge in [-0.05, 0) is 12.1 Å². The largest absolute Gasteiger partial charge is 0.422 e. The van der Waals surface area contributed by atoms with E-state index in [1.165, 1.54) is 17.1 Å². The number of fused-ring (bicyclic) bond motifs is 1. The number of nitrogens with zero attached hydrogens (tertiary/aromatic N) is 3. The number of anilines is 1. The fourth-order valence-corrected chi connectivity index (χ4v) is 1.58. The van der Waals surface area contributed by atoms with Crippen LogP contribution < -0.4 is 11.5 Å². The van der Waals surface area contributed by atoms with Gasteiger partial charge in [-0.1, -0.05) is 0 Å². The highest BCUT2D eigenvalue weighted by Gasteiger charge is 2.11. The number of nitrogen functional groups attached to an aromatic ring is 1. The Morgan fingerprint density at radius 3 is 2.94 bits per heavy atom. The molecule has 0 fully saturated rings. The normalized spacial score (nSPS) is 10.9. The van der Waals surface area contributed by atoms with Gasteiger partial charge in [0.1, 0.15) is 5.52 Å². The van der Waals surface area contributed by atoms with Crippen molar-refractivity contribution in [3.05, 3.63) is 36.2 Å². The van der Waals surface area contributed by atoms with Crippen LogP contribution in [0.5, 0.6) is 0 Å². The number of aromatic nitrogens is 3. The van der Waals surface area contributed by atoms with E-state index in [9.17, 15) is 4.79 Å². The minimum absolute atomic E-state index is 0.253. The van der Waals surface area contributed by atoms with Gasteiger partial charge in [0, 0.05) is 18.0 Å². The Morgan fingerprint density at radius 1 is 1.39 bits per heavy atom. The third-order valence-electron chi connectivity index (χ3n) is 2.46. The highest BCUT2D eigenvalue weighted by Crippen LogP contribution is 2.20. The summed E-state index contributed by atoms with van der Waals surface area (Å²) < 4.78 is 6.83. The Bertz CT molecular complexity index is 743. The molecule has 0 saturated heterocycles. The topological polar surface area (TPSA) is 113 Å². The van der Waals surface area contributed by atoms with Crippen LogP contribution in [-0.4, -0.2) is 20.7 Å². The number of rotatable bonds is 2. The van der Waals surface area contributed by atoms with Gasteiger partial charge in [0.05, 0.1) is 11.8 Å². The summed E-state index contributed by atoms with van der Waals surface area (Å²) in [5, 5.41) is 3.95. The van der Waals surface area contributed by atoms with Crippen molar-refractivity contribution in [1.82, 2.24) is 14.8 Å². The number of carbonyl (C=O) groups excluding carboxylic acids is 1. The van der Waals surface area contributed by atoms with E-state index in [4.69, 9.17) is 15.9 Å². The molecule has 4 N–H and O–H groups in total. The van der Waals surface area contributed by atoms with Crippen LogP contribution in [0.1, 0.15) is 10.4 Å². The van der Waals surface area contributed by atoms with Crippen LogP contribution in [0.4, 0.5) is 5.69 Å². The molecule has 0 atom stereocenters. The highest BCUT2D eigenvalue weighted by molar-refractivity contribution is 5.92. The zero-order chi connectivity index (χ0) is 12.7. The van der Waals surface area contributed by atoms with Crippen LogP contribution in [0, 0.1) is 0 Å². The van der Waals surface area contributed by atoms with Gasteiger partial charge in [-0.2, -0.15) is 14.8 Å². The lowest BCUT2D eigenvalue weighted by Crippen LogP contribution is -2.09. The average molecular weight is 243 g/mol. The number of oxazole rings is 1. The van der Waals surface area contributed by atoms with Crippen molar-refractivity contribution in [2.24, 2.45) is 5.73 Å². The first-order valence-corrected chi connectivity index (χ1v) is 5.14. The van der Waals surface area contributed by atoms with E-state index in [-0.39, 0.29) is 11.6 Å². The van der Waals surface area contributed by atoms with Gasteiger partial charge in [0.25, 0.3) is 5.91 Å². The molecule has 0 aliphatic rings. The Labute approximate surface area is 101 Å². The van der Waals surface area contributed by atoms with Crippen LogP contribution in [0.3, 0.4) is 0 Å². The van der Waals surface area contributed by atoms with Gasteiger partial charge in [-0.15, -0.1) is 0 Å². The van der Waals surface area contributed by atoms with E-state index in [0.717, 1.165) is 0 Å². The standard InChI is InChI=1S/C11H9N5O2/c12-7-1-2-8-9(3-7)18-11(15-8)16-5-6(4-14-16)10(13)17/h1-5H,12H2,(H2,13,17). The van der Waals surface area contributed by atoms with Crippen molar-refractivity contribution < 1.29 is 9.21 Å². The fourth-order valence-electron chi connectivity index (χ4n) is 1.58. The molecule has 2 heterocycles. The lowest BCUT2D eigenvalue weighted by molar-refractivity contribution is 0.100. The smallest absolute Gasteiger partial charge is 0.323 e. The first-order chi connectivity index (χ1) is 8.63. The summed E-state index contributed by atoms with van der Waals surface area (Å²) in [4.78, 5) is 15.2. The molecule has 90 valence electrons. The lowest BCUT2D eigenvalue weighted by atomic mass is 10.3. The number of amides is 1. The summed E-state index contributed by atoms with van der Waals surface area (Å²) >= 11 is 0. The Balaban J connectivity index is 2.10. The molecule has 0 saturated carbocycles. The van der Waals surface area contributed by atoms with Crippen LogP contribution >= 0.6 is 0 Å². The number of benzene rings is 1. The maximum atomic E-state index is 11.0. The molecule has 1 amide bonds. The van der Waals surface area contributed by atoms with Gasteiger partial charge in [-0.25, -0.2) is 0 Å². The second kappa shape index (κ2) is 3.59. The van der Waals surface area contributed by atoms with E-state index in [1.807, 2.05) is 0 Å². The van der Waals surface area contributed by atoms with Gasteiger partial charge >= 0.3 is 6.01 Å². The molecule has 1 aromatic carbocycles. The van der Waals surface area contributed by atoms with Gasteiger partial charge < -0.3 is 15.9 Å². The van der Waals surface area contributed by atoms with Gasteiger partial charge in [0.2, 0.25) is 0 Å². The number of hydrogen-bond donors (Lipinski definition) is 2. The molecule has 2 aromatic heterocycles. The Morgan fingerprint density at radius 2 is 2.22 bits per heavy atom. The summed E-state index contributed by atoms with van der Waals surface area (Å²) in [6.07, 6.45) is 2.81. The summed E-state index contributed by atoms with van der Waals surface area (Å²) in [5.41, 5.74) is 12.9. The van der Waals surface area contributed by atoms with Crippen molar-refractivity contribution in [2.75, 3.05) is 5.73 Å². The minimum atomic E-state index is -0.554. The highest BCUT2D eigenvalue weighted by atomic mass is 16.4. The molecule has 0 spiro atoms. The van der Waals surface area contributed by atoms with Gasteiger partial charge in [-0.3, -0.25) is 4.79 Å². The summed E-state index contributed by atoms with van der Waals surface area (Å²) in [6, 6.07) is 5.40. The van der Waals surface area contributed by atoms with Crippen molar-refractivity contribution >= 4 is 22.7 Å². The molecular formula is C11H9N5O2. The fraction of sp³-hybridized carbons (Fsp3) is 0. The van der Waals surface area contributed by atoms with Crippen molar-refractivity contribution in [3.63, 3.8) is 0 Å². The zero-order valence-corrected chi connectivity index (χ0v) is 9.20. The van der Waals surface area contributed by atoms with Crippen LogP contribution in [0.25, 0.3) is 17.1 Å². The van der Waals surface area contributed by atoms with Crippen LogP contribution in [-0.2, 0) is 0 Å². The van der Waals surface area contributed by atoms with Crippen molar-refractivity contribution in [2.45, 2.75) is 0 Å². The second-order valence-corrected chi connectivity index (χ2v) is 3.76. The third kappa shape index (κ3) is 1.58. The number of hydrogen-bond acceptors (Lipinski definition) is 5. The summed E-state index contributed by atoms with van der Waals surface area (Å²) in [5.74, 6) is -0.554. The molecule has 7 nitrogen and oxygen atoms in total. The number of primary amides is 1. The minimum Gasteiger partial charge on any atom is -0.422 e. The van der Waals surface area contributed by atoms with Gasteiger partial charge in [0.15, 0.2) is 5.58 Å². The molecule has 0 bridgehead atoms. The molecule has 18 heavy (non-hydrogen) atoms. The SMILES string of the molecule is NC(=O)c1cnn(-c2nc3ccc(N)cc3o2)c1. The molecule has 3 rings (SSSR count). The Hall–Kier alpha value is -2.83. The Kier molecular flexibility index (Phi) is 2.06. The molecule has 3 aromatic rings. The zero-order valence-electron chi connectivity index (χ0n) is 9.20. The van der Waals surface area contributed by atoms with E-state index in [1.54, 1.807) is 18.2 Å². The first kappa shape index (κ1) is 10.3. The van der Waals surface area contributed by atoms with E-state index >= 15 is 0 Å². The molecule has 7 heteroatoms. The quantitative estimate of drug-likeness (QED) is 0.643. The van der Waals surface area contributed by atoms with Crippen molar-refractivity contribution in [3.8, 4) is 6.01 Å². The lowest BCUT2D eigenvalue weighted by Gasteiger charge is -1.90. The monoisotopic (exact) mass is 243 g/mol. The number of carbonyl (C=O) groups is 1. The molecule has 0 aliphatic heterocycles. The summed E-state index contributed by atoms with van der Waals surface area (Å²) in [6.45, 7) is 0. The maximum absolute atomic E-state index is 11.0. The van der Waals surface area contributed by atoms with Crippen LogP contribution in [0.2, 0.25) is 0 Å². The van der Waals surface area contributed by atoms with E-state index in [2.05, 4.69) is 10.1 Å². The predicted octanol–water partition coefficient (Wildman–Crippen LogP) is 0.695. The van der Waals surface area contributed by atoms with E-state index < -0.39 is 5.91 Å². The summed E-state index contributed by atoms with van der Waals surface area (Å²) in [7, 11) is 0. The first-order valence-electron chi connectivity index (χ1n) is 5.14. The van der Waals surface area contributed by atoms with Crippen molar-refractivity contribution in [1.29, 1.82) is 0 Å². The van der Waals surface area contributed by atoms with E-state index in [0.29, 0.717) is 16.8 Å². The predicted molar refractivity (Wildman–Crippen MR) is 64.1 cm³/mol. The molecule has 0 unspecified atom stereocenters.